The molecule has 0 aromatic heterocycles. The molecule has 2 aliphatic rings. The normalized spacial score (nSPS) is 24.6. The molecule has 3 rings (SSSR count). The first-order valence-electron chi connectivity index (χ1n) is 9.31. The Bertz CT molecular complexity index is 735. The number of rotatable bonds is 6. The largest absolute Gasteiger partial charge is 0.492 e. The molecule has 0 saturated carbocycles. The van der Waals surface area contributed by atoms with Gasteiger partial charge < -0.3 is 9.64 Å². The lowest BCUT2D eigenvalue weighted by molar-refractivity contribution is -0.147. The summed E-state index contributed by atoms with van der Waals surface area (Å²) in [4.78, 5) is 14.8. The number of amides is 1. The zero-order valence-electron chi connectivity index (χ0n) is 15.6. The van der Waals surface area contributed by atoms with Crippen molar-refractivity contribution >= 4 is 15.9 Å². The third-order valence-corrected chi connectivity index (χ3v) is 7.24. The van der Waals surface area contributed by atoms with Crippen LogP contribution in [0.2, 0.25) is 0 Å². The second kappa shape index (κ2) is 7.56. The predicted octanol–water partition coefficient (Wildman–Crippen LogP) is 2.12. The van der Waals surface area contributed by atoms with Crippen molar-refractivity contribution in [1.29, 1.82) is 0 Å². The molecule has 0 radical (unpaired) electrons. The van der Waals surface area contributed by atoms with E-state index in [4.69, 9.17) is 4.74 Å². The van der Waals surface area contributed by atoms with Gasteiger partial charge in [-0.1, -0.05) is 18.2 Å². The van der Waals surface area contributed by atoms with Gasteiger partial charge in [-0.05, 0) is 45.2 Å². The van der Waals surface area contributed by atoms with Crippen molar-refractivity contribution in [1.82, 2.24) is 9.21 Å². The molecule has 2 heterocycles. The van der Waals surface area contributed by atoms with Crippen molar-refractivity contribution in [3.8, 4) is 5.75 Å². The highest BCUT2D eigenvalue weighted by Crippen LogP contribution is 2.41. The van der Waals surface area contributed by atoms with Crippen molar-refractivity contribution in [2.75, 3.05) is 32.0 Å². The van der Waals surface area contributed by atoms with E-state index >= 15 is 0 Å². The number of sulfonamides is 1. The molecule has 1 unspecified atom stereocenters. The first-order valence-corrected chi connectivity index (χ1v) is 10.9. The Morgan fingerprint density at radius 3 is 2.58 bits per heavy atom. The van der Waals surface area contributed by atoms with Gasteiger partial charge in [0.15, 0.2) is 0 Å². The molecule has 2 fully saturated rings. The molecule has 1 aromatic carbocycles. The maximum absolute atomic E-state index is 12.9. The van der Waals surface area contributed by atoms with Crippen LogP contribution < -0.4 is 4.74 Å². The number of para-hydroxylation sites is 1. The van der Waals surface area contributed by atoms with E-state index in [0.29, 0.717) is 25.3 Å². The summed E-state index contributed by atoms with van der Waals surface area (Å²) in [5.74, 6) is 0.715. The number of carbonyl (C=O) groups excluding carboxylic acids is 1. The van der Waals surface area contributed by atoms with Gasteiger partial charge in [0.1, 0.15) is 12.4 Å². The fourth-order valence-corrected chi connectivity index (χ4v) is 5.32. The Morgan fingerprint density at radius 2 is 1.88 bits per heavy atom. The molecule has 6 nitrogen and oxygen atoms in total. The van der Waals surface area contributed by atoms with E-state index in [2.05, 4.69) is 0 Å². The van der Waals surface area contributed by atoms with Crippen LogP contribution in [0.15, 0.2) is 30.3 Å². The lowest BCUT2D eigenvalue weighted by Crippen LogP contribution is -2.52. The Balaban J connectivity index is 1.61. The van der Waals surface area contributed by atoms with Gasteiger partial charge in [0.2, 0.25) is 15.9 Å². The van der Waals surface area contributed by atoms with Crippen molar-refractivity contribution in [2.45, 2.75) is 39.2 Å². The Labute approximate surface area is 156 Å². The van der Waals surface area contributed by atoms with E-state index in [-0.39, 0.29) is 24.3 Å². The second-order valence-electron chi connectivity index (χ2n) is 7.54. The van der Waals surface area contributed by atoms with E-state index in [9.17, 15) is 13.2 Å². The van der Waals surface area contributed by atoms with Gasteiger partial charge in [-0.2, -0.15) is 0 Å². The Morgan fingerprint density at radius 1 is 1.15 bits per heavy atom. The molecule has 0 bridgehead atoms. The molecule has 2 aliphatic heterocycles. The smallest absolute Gasteiger partial charge is 0.230 e. The van der Waals surface area contributed by atoms with E-state index in [1.807, 2.05) is 36.9 Å². The van der Waals surface area contributed by atoms with Crippen LogP contribution in [-0.2, 0) is 14.8 Å². The summed E-state index contributed by atoms with van der Waals surface area (Å²) in [6.45, 7) is 5.65. The van der Waals surface area contributed by atoms with Gasteiger partial charge in [0.05, 0.1) is 11.2 Å². The topological polar surface area (TPSA) is 66.9 Å². The summed E-state index contributed by atoms with van der Waals surface area (Å²) in [7, 11) is -3.43. The average molecular weight is 381 g/mol. The van der Waals surface area contributed by atoms with Crippen molar-refractivity contribution in [3.63, 3.8) is 0 Å². The minimum atomic E-state index is -3.43. The van der Waals surface area contributed by atoms with Crippen LogP contribution >= 0.6 is 0 Å². The third kappa shape index (κ3) is 3.88. The quantitative estimate of drug-likeness (QED) is 0.758. The summed E-state index contributed by atoms with van der Waals surface area (Å²) in [6.07, 6.45) is 2.34. The lowest BCUT2D eigenvalue weighted by Gasteiger charge is -2.41. The molecule has 1 spiro atoms. The standard InChI is InChI=1S/C19H28N2O4S/c1-16(2)21-11-6-9-19(18(21)22)10-12-20(15-19)26(23,24)14-13-25-17-7-4-3-5-8-17/h3-5,7-8,16H,6,9-15H2,1-2H3. The number of carbonyl (C=O) groups is 1. The Kier molecular flexibility index (Phi) is 5.58. The van der Waals surface area contributed by atoms with E-state index in [1.54, 1.807) is 12.1 Å². The highest BCUT2D eigenvalue weighted by atomic mass is 32.2. The van der Waals surface area contributed by atoms with Crippen molar-refractivity contribution in [2.24, 2.45) is 5.41 Å². The molecule has 1 atom stereocenters. The van der Waals surface area contributed by atoms with Gasteiger partial charge in [-0.25, -0.2) is 12.7 Å². The van der Waals surface area contributed by atoms with Crippen molar-refractivity contribution in [3.05, 3.63) is 30.3 Å². The van der Waals surface area contributed by atoms with Crippen LogP contribution in [0, 0.1) is 5.41 Å². The second-order valence-corrected chi connectivity index (χ2v) is 9.63. The first-order chi connectivity index (χ1) is 12.3. The van der Waals surface area contributed by atoms with Gasteiger partial charge in [0.25, 0.3) is 0 Å². The van der Waals surface area contributed by atoms with Gasteiger partial charge in [0, 0.05) is 25.7 Å². The maximum atomic E-state index is 12.9. The number of benzene rings is 1. The van der Waals surface area contributed by atoms with Crippen molar-refractivity contribution < 1.29 is 17.9 Å². The molecular weight excluding hydrogens is 352 g/mol. The maximum Gasteiger partial charge on any atom is 0.230 e. The van der Waals surface area contributed by atoms with Crippen LogP contribution in [0.5, 0.6) is 5.75 Å². The highest BCUT2D eigenvalue weighted by Gasteiger charge is 2.51. The minimum Gasteiger partial charge on any atom is -0.492 e. The number of piperidine rings is 1. The fourth-order valence-electron chi connectivity index (χ4n) is 3.95. The van der Waals surface area contributed by atoms with Crippen LogP contribution in [0.1, 0.15) is 33.1 Å². The van der Waals surface area contributed by atoms with Gasteiger partial charge in [-0.3, -0.25) is 4.79 Å². The molecule has 1 amide bonds. The molecule has 144 valence electrons. The monoisotopic (exact) mass is 380 g/mol. The number of hydrogen-bond acceptors (Lipinski definition) is 4. The SMILES string of the molecule is CC(C)N1CCCC2(CCN(S(=O)(=O)CCOc3ccccc3)C2)C1=O. The molecule has 2 saturated heterocycles. The fraction of sp³-hybridized carbons (Fsp3) is 0.632. The van der Waals surface area contributed by atoms with Crippen LogP contribution in [0.4, 0.5) is 0 Å². The number of ether oxygens (including phenoxy) is 1. The zero-order chi connectivity index (χ0) is 18.8. The molecule has 26 heavy (non-hydrogen) atoms. The summed E-state index contributed by atoms with van der Waals surface area (Å²) in [5.41, 5.74) is -0.532. The number of nitrogens with zero attached hydrogens (tertiary/aromatic N) is 2. The van der Waals surface area contributed by atoms with Gasteiger partial charge >= 0.3 is 0 Å². The minimum absolute atomic E-state index is 0.0694. The highest BCUT2D eigenvalue weighted by molar-refractivity contribution is 7.89. The molecule has 0 aliphatic carbocycles. The van der Waals surface area contributed by atoms with Crippen LogP contribution in [-0.4, -0.2) is 61.6 Å². The van der Waals surface area contributed by atoms with Crippen LogP contribution in [0.25, 0.3) is 0 Å². The summed E-state index contributed by atoms with van der Waals surface area (Å²) < 4.78 is 32.4. The van der Waals surface area contributed by atoms with Crippen LogP contribution in [0.3, 0.4) is 0 Å². The molecule has 7 heteroatoms. The summed E-state index contributed by atoms with van der Waals surface area (Å²) in [5, 5.41) is 0. The van der Waals surface area contributed by atoms with E-state index in [0.717, 1.165) is 19.4 Å². The summed E-state index contributed by atoms with van der Waals surface area (Å²) >= 11 is 0. The van der Waals surface area contributed by atoms with Gasteiger partial charge in [-0.15, -0.1) is 0 Å². The number of hydrogen-bond donors (Lipinski definition) is 0. The number of likely N-dealkylation sites (tertiary alicyclic amines) is 1. The summed E-state index contributed by atoms with van der Waals surface area (Å²) in [6, 6.07) is 9.35. The first kappa shape index (κ1) is 19.2. The van der Waals surface area contributed by atoms with E-state index in [1.165, 1.54) is 4.31 Å². The zero-order valence-corrected chi connectivity index (χ0v) is 16.4. The third-order valence-electron chi connectivity index (χ3n) is 5.46. The average Bonchev–Trinajstić information content (AvgIpc) is 3.04. The molecule has 0 N–H and O–H groups in total. The lowest BCUT2D eigenvalue weighted by atomic mass is 9.78. The Hall–Kier alpha value is -1.60. The molecular formula is C19H28N2O4S. The molecule has 1 aromatic rings. The predicted molar refractivity (Wildman–Crippen MR) is 100 cm³/mol. The van der Waals surface area contributed by atoms with E-state index < -0.39 is 15.4 Å².